The van der Waals surface area contributed by atoms with E-state index in [0.717, 1.165) is 5.56 Å². The molecule has 0 bridgehead atoms. The number of halogens is 2. The number of rotatable bonds is 7. The lowest BCUT2D eigenvalue weighted by Crippen LogP contribution is -2.27. The normalized spacial score (nSPS) is 12.0. The summed E-state index contributed by atoms with van der Waals surface area (Å²) in [5.74, 6) is -0.247. The molecule has 3 aromatic carbocycles. The first-order valence-corrected chi connectivity index (χ1v) is 10.4. The molecular weight excluding hydrogens is 459 g/mol. The maximum Gasteiger partial charge on any atom is 0.262 e. The molecule has 156 valence electrons. The van der Waals surface area contributed by atoms with Crippen LogP contribution in [0, 0.1) is 17.1 Å². The summed E-state index contributed by atoms with van der Waals surface area (Å²) >= 11 is 3.43. The molecule has 3 aromatic rings. The second kappa shape index (κ2) is 10.6. The van der Waals surface area contributed by atoms with E-state index in [9.17, 15) is 14.4 Å². The van der Waals surface area contributed by atoms with Crippen LogP contribution in [0.3, 0.4) is 0 Å². The van der Waals surface area contributed by atoms with Gasteiger partial charge in [0.25, 0.3) is 5.91 Å². The lowest BCUT2D eigenvalue weighted by molar-refractivity contribution is -0.117. The number of nitrogens with zero attached hydrogens (tertiary/aromatic N) is 1. The van der Waals surface area contributed by atoms with Gasteiger partial charge in [0.2, 0.25) is 0 Å². The molecule has 0 aliphatic heterocycles. The summed E-state index contributed by atoms with van der Waals surface area (Å²) in [5, 5.41) is 12.3. The molecule has 0 saturated carbocycles. The van der Waals surface area contributed by atoms with E-state index in [1.54, 1.807) is 36.4 Å². The zero-order valence-corrected chi connectivity index (χ0v) is 18.4. The van der Waals surface area contributed by atoms with Gasteiger partial charge < -0.3 is 10.1 Å². The van der Waals surface area contributed by atoms with Gasteiger partial charge in [-0.2, -0.15) is 5.26 Å². The van der Waals surface area contributed by atoms with Gasteiger partial charge in [0.1, 0.15) is 29.8 Å². The predicted octanol–water partition coefficient (Wildman–Crippen LogP) is 5.95. The van der Waals surface area contributed by atoms with Crippen LogP contribution in [0.2, 0.25) is 0 Å². The minimum Gasteiger partial charge on any atom is -0.488 e. The first-order chi connectivity index (χ1) is 15.0. The molecule has 1 amide bonds. The molecule has 0 spiro atoms. The highest BCUT2D eigenvalue weighted by Crippen LogP contribution is 2.28. The average Bonchev–Trinajstić information content (AvgIpc) is 2.78. The average molecular weight is 479 g/mol. The van der Waals surface area contributed by atoms with E-state index in [2.05, 4.69) is 21.2 Å². The summed E-state index contributed by atoms with van der Waals surface area (Å²) in [6.07, 6.45) is 1.51. The first-order valence-electron chi connectivity index (χ1n) is 9.61. The molecule has 3 rings (SSSR count). The van der Waals surface area contributed by atoms with Gasteiger partial charge in [0.15, 0.2) is 0 Å². The predicted molar refractivity (Wildman–Crippen MR) is 121 cm³/mol. The van der Waals surface area contributed by atoms with E-state index in [1.165, 1.54) is 12.1 Å². The van der Waals surface area contributed by atoms with Crippen LogP contribution in [0.15, 0.2) is 82.8 Å². The van der Waals surface area contributed by atoms with Crippen LogP contribution in [0.25, 0.3) is 6.08 Å². The number of hydrogen-bond acceptors (Lipinski definition) is 3. The van der Waals surface area contributed by atoms with Crippen LogP contribution in [-0.4, -0.2) is 5.91 Å². The van der Waals surface area contributed by atoms with Crippen molar-refractivity contribution >= 4 is 27.9 Å². The molecule has 0 aliphatic carbocycles. The molecule has 0 saturated heterocycles. The molecule has 0 unspecified atom stereocenters. The minimum absolute atomic E-state index is 0.00490. The Labute approximate surface area is 189 Å². The van der Waals surface area contributed by atoms with Crippen molar-refractivity contribution in [2.24, 2.45) is 0 Å². The third-order valence-corrected chi connectivity index (χ3v) is 5.24. The molecule has 0 aromatic heterocycles. The van der Waals surface area contributed by atoms with Crippen molar-refractivity contribution in [3.05, 3.63) is 105 Å². The summed E-state index contributed by atoms with van der Waals surface area (Å²) < 4.78 is 20.1. The van der Waals surface area contributed by atoms with Crippen molar-refractivity contribution in [2.75, 3.05) is 0 Å². The Morgan fingerprint density at radius 2 is 1.87 bits per heavy atom. The maximum absolute atomic E-state index is 13.7. The van der Waals surface area contributed by atoms with Crippen molar-refractivity contribution in [1.82, 2.24) is 5.32 Å². The fraction of sp³-hybridized carbons (Fsp3) is 0.120. The Hall–Kier alpha value is -3.43. The smallest absolute Gasteiger partial charge is 0.262 e. The molecule has 1 N–H and O–H groups in total. The second-order valence-electron chi connectivity index (χ2n) is 6.85. The van der Waals surface area contributed by atoms with E-state index >= 15 is 0 Å². The first kappa shape index (κ1) is 22.3. The zero-order chi connectivity index (χ0) is 22.2. The summed E-state index contributed by atoms with van der Waals surface area (Å²) in [4.78, 5) is 12.5. The molecule has 4 nitrogen and oxygen atoms in total. The Morgan fingerprint density at radius 3 is 2.55 bits per heavy atom. The molecule has 0 radical (unpaired) electrons. The Morgan fingerprint density at radius 1 is 1.16 bits per heavy atom. The van der Waals surface area contributed by atoms with Crippen LogP contribution < -0.4 is 10.1 Å². The lowest BCUT2D eigenvalue weighted by Gasteiger charge is -2.14. The topological polar surface area (TPSA) is 62.1 Å². The van der Waals surface area contributed by atoms with Gasteiger partial charge in [-0.25, -0.2) is 4.39 Å². The van der Waals surface area contributed by atoms with Gasteiger partial charge in [-0.15, -0.1) is 0 Å². The number of nitrogens with one attached hydrogen (secondary N) is 1. The summed E-state index contributed by atoms with van der Waals surface area (Å²) in [6, 6.07) is 22.8. The summed E-state index contributed by atoms with van der Waals surface area (Å²) in [6.45, 7) is 1.95. The number of ether oxygens (including phenoxy) is 1. The monoisotopic (exact) mass is 478 g/mol. The molecular formula is C25H20BrFN2O2. The Balaban J connectivity index is 1.69. The summed E-state index contributed by atoms with van der Waals surface area (Å²) in [7, 11) is 0. The standard InChI is InChI=1S/C25H20BrFN2O2/c1-17(19-7-3-2-4-8-19)29-25(30)21(15-28)13-18-11-12-24(22(26)14-18)31-16-20-9-5-6-10-23(20)27/h2-14,17H,16H2,1H3,(H,29,30)/b21-13-/t17-/m1/s1. The number of benzene rings is 3. The zero-order valence-electron chi connectivity index (χ0n) is 16.8. The van der Waals surface area contributed by atoms with Crippen molar-refractivity contribution in [1.29, 1.82) is 5.26 Å². The highest BCUT2D eigenvalue weighted by Gasteiger charge is 2.14. The van der Waals surface area contributed by atoms with Crippen LogP contribution in [0.4, 0.5) is 4.39 Å². The highest BCUT2D eigenvalue weighted by atomic mass is 79.9. The van der Waals surface area contributed by atoms with E-state index in [-0.39, 0.29) is 24.0 Å². The number of hydrogen-bond donors (Lipinski definition) is 1. The van der Waals surface area contributed by atoms with E-state index in [1.807, 2.05) is 43.3 Å². The van der Waals surface area contributed by atoms with Crippen molar-refractivity contribution in [3.8, 4) is 11.8 Å². The van der Waals surface area contributed by atoms with E-state index in [0.29, 0.717) is 21.3 Å². The van der Waals surface area contributed by atoms with E-state index < -0.39 is 5.91 Å². The van der Waals surface area contributed by atoms with Crippen LogP contribution in [0.1, 0.15) is 29.7 Å². The minimum atomic E-state index is -0.449. The second-order valence-corrected chi connectivity index (χ2v) is 7.70. The van der Waals surface area contributed by atoms with E-state index in [4.69, 9.17) is 4.74 Å². The molecule has 0 heterocycles. The van der Waals surface area contributed by atoms with Crippen molar-refractivity contribution in [2.45, 2.75) is 19.6 Å². The van der Waals surface area contributed by atoms with Gasteiger partial charge in [-0.1, -0.05) is 54.6 Å². The third kappa shape index (κ3) is 6.03. The SMILES string of the molecule is C[C@@H](NC(=O)/C(C#N)=C\c1ccc(OCc2ccccc2F)c(Br)c1)c1ccccc1. The third-order valence-electron chi connectivity index (χ3n) is 4.62. The van der Waals surface area contributed by atoms with Gasteiger partial charge in [0, 0.05) is 5.56 Å². The summed E-state index contributed by atoms with van der Waals surface area (Å²) in [5.41, 5.74) is 2.06. The molecule has 1 atom stereocenters. The van der Waals surface area contributed by atoms with Crippen LogP contribution >= 0.6 is 15.9 Å². The number of carbonyl (C=O) groups excluding carboxylic acids is 1. The quantitative estimate of drug-likeness (QED) is 0.337. The number of nitriles is 1. The number of carbonyl (C=O) groups is 1. The number of amides is 1. The van der Waals surface area contributed by atoms with Gasteiger partial charge in [-0.05, 0) is 58.3 Å². The van der Waals surface area contributed by atoms with Gasteiger partial charge in [0.05, 0.1) is 10.5 Å². The fourth-order valence-electron chi connectivity index (χ4n) is 2.91. The molecule has 31 heavy (non-hydrogen) atoms. The molecule has 6 heteroatoms. The Bertz CT molecular complexity index is 1140. The lowest BCUT2D eigenvalue weighted by atomic mass is 10.1. The maximum atomic E-state index is 13.7. The van der Waals surface area contributed by atoms with Gasteiger partial charge in [-0.3, -0.25) is 4.79 Å². The molecule has 0 fully saturated rings. The highest BCUT2D eigenvalue weighted by molar-refractivity contribution is 9.10. The molecule has 0 aliphatic rings. The Kier molecular flexibility index (Phi) is 7.58. The van der Waals surface area contributed by atoms with Gasteiger partial charge >= 0.3 is 0 Å². The van der Waals surface area contributed by atoms with Crippen LogP contribution in [0.5, 0.6) is 5.75 Å². The van der Waals surface area contributed by atoms with Crippen molar-refractivity contribution < 1.29 is 13.9 Å². The van der Waals surface area contributed by atoms with Crippen LogP contribution in [-0.2, 0) is 11.4 Å². The largest absolute Gasteiger partial charge is 0.488 e. The fourth-order valence-corrected chi connectivity index (χ4v) is 3.42. The van der Waals surface area contributed by atoms with Crippen molar-refractivity contribution in [3.63, 3.8) is 0 Å².